The molecule has 0 unspecified atom stereocenters. The van der Waals surface area contributed by atoms with Crippen molar-refractivity contribution in [1.29, 1.82) is 0 Å². The second-order valence-electron chi connectivity index (χ2n) is 6.83. The molecule has 0 radical (unpaired) electrons. The molecule has 0 aliphatic carbocycles. The van der Waals surface area contributed by atoms with Crippen molar-refractivity contribution in [2.75, 3.05) is 26.6 Å². The minimum Gasteiger partial charge on any atom is -0.493 e. The van der Waals surface area contributed by atoms with E-state index in [0.717, 1.165) is 21.5 Å². The van der Waals surface area contributed by atoms with Gasteiger partial charge in [0.25, 0.3) is 0 Å². The van der Waals surface area contributed by atoms with E-state index in [4.69, 9.17) is 14.2 Å². The second-order valence-corrected chi connectivity index (χ2v) is 7.84. The van der Waals surface area contributed by atoms with Gasteiger partial charge in [0.05, 0.1) is 37.2 Å². The molecule has 2 heterocycles. The first kappa shape index (κ1) is 21.4. The molecule has 1 N–H and O–H groups in total. The summed E-state index contributed by atoms with van der Waals surface area (Å²) in [5.74, 6) is 1.75. The average molecular weight is 451 g/mol. The molecule has 0 saturated carbocycles. The SMILES string of the molecule is COc1cc(/C=C/C(=O)Nc2cc(C)nn2-c2nc3ccccc3s2)cc(OC)c1OC. The molecule has 0 spiro atoms. The highest BCUT2D eigenvalue weighted by molar-refractivity contribution is 7.20. The molecule has 9 heteroatoms. The fourth-order valence-corrected chi connectivity index (χ4v) is 4.15. The molecule has 0 fully saturated rings. The van der Waals surface area contributed by atoms with Gasteiger partial charge in [-0.25, -0.2) is 4.98 Å². The molecule has 0 bridgehead atoms. The zero-order valence-corrected chi connectivity index (χ0v) is 18.9. The molecule has 164 valence electrons. The van der Waals surface area contributed by atoms with Crippen LogP contribution >= 0.6 is 11.3 Å². The molecule has 0 aliphatic rings. The van der Waals surface area contributed by atoms with Crippen LogP contribution in [0.15, 0.2) is 48.5 Å². The molecular formula is C23H22N4O4S. The van der Waals surface area contributed by atoms with Crippen molar-refractivity contribution in [3.05, 3.63) is 59.8 Å². The van der Waals surface area contributed by atoms with Crippen molar-refractivity contribution >= 4 is 39.4 Å². The Morgan fingerprint density at radius 2 is 1.78 bits per heavy atom. The number of methoxy groups -OCH3 is 3. The van der Waals surface area contributed by atoms with E-state index < -0.39 is 0 Å². The van der Waals surface area contributed by atoms with Gasteiger partial charge in [-0.05, 0) is 42.8 Å². The van der Waals surface area contributed by atoms with Crippen molar-refractivity contribution in [3.63, 3.8) is 0 Å². The number of hydrogen-bond acceptors (Lipinski definition) is 7. The van der Waals surface area contributed by atoms with E-state index in [1.807, 2.05) is 31.2 Å². The number of benzene rings is 2. The van der Waals surface area contributed by atoms with E-state index in [1.54, 1.807) is 50.3 Å². The lowest BCUT2D eigenvalue weighted by molar-refractivity contribution is -0.111. The van der Waals surface area contributed by atoms with Crippen molar-refractivity contribution in [2.24, 2.45) is 0 Å². The van der Waals surface area contributed by atoms with Gasteiger partial charge >= 0.3 is 0 Å². The number of fused-ring (bicyclic) bond motifs is 1. The Morgan fingerprint density at radius 1 is 1.06 bits per heavy atom. The van der Waals surface area contributed by atoms with Gasteiger partial charge in [-0.1, -0.05) is 23.5 Å². The Balaban J connectivity index is 1.57. The van der Waals surface area contributed by atoms with Gasteiger partial charge in [0.2, 0.25) is 16.8 Å². The van der Waals surface area contributed by atoms with Gasteiger partial charge < -0.3 is 19.5 Å². The number of thiazole rings is 1. The van der Waals surface area contributed by atoms with E-state index in [-0.39, 0.29) is 5.91 Å². The number of nitrogens with one attached hydrogen (secondary N) is 1. The average Bonchev–Trinajstić information content (AvgIpc) is 3.39. The first-order valence-corrected chi connectivity index (χ1v) is 10.6. The third-order valence-corrected chi connectivity index (χ3v) is 5.67. The van der Waals surface area contributed by atoms with Crippen LogP contribution in [0.5, 0.6) is 17.2 Å². The van der Waals surface area contributed by atoms with Crippen molar-refractivity contribution in [2.45, 2.75) is 6.92 Å². The topological polar surface area (TPSA) is 87.5 Å². The molecule has 0 aliphatic heterocycles. The maximum atomic E-state index is 12.6. The van der Waals surface area contributed by atoms with Crippen LogP contribution in [0.2, 0.25) is 0 Å². The van der Waals surface area contributed by atoms with Crippen LogP contribution in [0.3, 0.4) is 0 Å². The van der Waals surface area contributed by atoms with Crippen LogP contribution in [0.25, 0.3) is 21.4 Å². The van der Waals surface area contributed by atoms with Gasteiger partial charge in [0, 0.05) is 12.1 Å². The van der Waals surface area contributed by atoms with E-state index >= 15 is 0 Å². The van der Waals surface area contributed by atoms with Crippen molar-refractivity contribution in [1.82, 2.24) is 14.8 Å². The molecule has 8 nitrogen and oxygen atoms in total. The monoisotopic (exact) mass is 450 g/mol. The highest BCUT2D eigenvalue weighted by Gasteiger charge is 2.15. The van der Waals surface area contributed by atoms with Gasteiger partial charge in [-0.15, -0.1) is 0 Å². The fraction of sp³-hybridized carbons (Fsp3) is 0.174. The number of nitrogens with zero attached hydrogens (tertiary/aromatic N) is 3. The normalized spacial score (nSPS) is 11.1. The van der Waals surface area contributed by atoms with E-state index in [1.165, 1.54) is 17.4 Å². The van der Waals surface area contributed by atoms with Gasteiger partial charge in [-0.3, -0.25) is 4.79 Å². The number of carbonyl (C=O) groups is 1. The van der Waals surface area contributed by atoms with E-state index in [9.17, 15) is 4.79 Å². The smallest absolute Gasteiger partial charge is 0.249 e. The highest BCUT2D eigenvalue weighted by atomic mass is 32.1. The summed E-state index contributed by atoms with van der Waals surface area (Å²) in [6.45, 7) is 1.87. The largest absolute Gasteiger partial charge is 0.493 e. The minimum atomic E-state index is -0.305. The summed E-state index contributed by atoms with van der Waals surface area (Å²) in [4.78, 5) is 17.3. The Bertz CT molecular complexity index is 1250. The zero-order valence-electron chi connectivity index (χ0n) is 18.1. The molecule has 2 aromatic heterocycles. The highest BCUT2D eigenvalue weighted by Crippen LogP contribution is 2.38. The van der Waals surface area contributed by atoms with Crippen molar-refractivity contribution < 1.29 is 19.0 Å². The number of aromatic nitrogens is 3. The zero-order chi connectivity index (χ0) is 22.7. The van der Waals surface area contributed by atoms with Crippen LogP contribution in [-0.2, 0) is 4.79 Å². The Labute approximate surface area is 189 Å². The molecule has 2 aromatic carbocycles. The molecule has 32 heavy (non-hydrogen) atoms. The molecule has 4 rings (SSSR count). The van der Waals surface area contributed by atoms with Gasteiger partial charge in [0.15, 0.2) is 11.5 Å². The van der Waals surface area contributed by atoms with Crippen LogP contribution in [0.1, 0.15) is 11.3 Å². The number of anilines is 1. The minimum absolute atomic E-state index is 0.305. The molecule has 0 saturated heterocycles. The molecule has 4 aromatic rings. The van der Waals surface area contributed by atoms with Crippen LogP contribution < -0.4 is 19.5 Å². The number of ether oxygens (including phenoxy) is 3. The number of carbonyl (C=O) groups excluding carboxylic acids is 1. The lowest BCUT2D eigenvalue weighted by Gasteiger charge is -2.12. The summed E-state index contributed by atoms with van der Waals surface area (Å²) < 4.78 is 18.7. The number of hydrogen-bond donors (Lipinski definition) is 1. The predicted octanol–water partition coefficient (Wildman–Crippen LogP) is 4.47. The molecule has 0 atom stereocenters. The number of aryl methyl sites for hydroxylation is 1. The summed E-state index contributed by atoms with van der Waals surface area (Å²) >= 11 is 1.51. The lowest BCUT2D eigenvalue weighted by atomic mass is 10.1. The third-order valence-electron chi connectivity index (χ3n) is 4.66. The summed E-state index contributed by atoms with van der Waals surface area (Å²) in [7, 11) is 4.63. The maximum absolute atomic E-state index is 12.6. The van der Waals surface area contributed by atoms with Crippen LogP contribution in [-0.4, -0.2) is 42.0 Å². The first-order chi connectivity index (χ1) is 15.5. The molecular weight excluding hydrogens is 428 g/mol. The Hall–Kier alpha value is -3.85. The Kier molecular flexibility index (Phi) is 6.09. The number of para-hydroxylation sites is 1. The first-order valence-electron chi connectivity index (χ1n) is 9.74. The summed E-state index contributed by atoms with van der Waals surface area (Å²) in [5.41, 5.74) is 2.39. The fourth-order valence-electron chi connectivity index (χ4n) is 3.22. The van der Waals surface area contributed by atoms with E-state index in [2.05, 4.69) is 15.4 Å². The van der Waals surface area contributed by atoms with E-state index in [0.29, 0.717) is 28.2 Å². The third kappa shape index (κ3) is 4.28. The number of amides is 1. The van der Waals surface area contributed by atoms with Crippen molar-refractivity contribution in [3.8, 4) is 22.4 Å². The van der Waals surface area contributed by atoms with Gasteiger partial charge in [0.1, 0.15) is 5.82 Å². The second kappa shape index (κ2) is 9.11. The Morgan fingerprint density at radius 3 is 2.44 bits per heavy atom. The predicted molar refractivity (Wildman–Crippen MR) is 125 cm³/mol. The summed E-state index contributed by atoms with van der Waals surface area (Å²) in [6, 6.07) is 13.2. The van der Waals surface area contributed by atoms with Crippen LogP contribution in [0, 0.1) is 6.92 Å². The van der Waals surface area contributed by atoms with Gasteiger partial charge in [-0.2, -0.15) is 9.78 Å². The van der Waals surface area contributed by atoms with Crippen LogP contribution in [0.4, 0.5) is 5.82 Å². The lowest BCUT2D eigenvalue weighted by Crippen LogP contribution is -2.12. The quantitative estimate of drug-likeness (QED) is 0.418. The number of rotatable bonds is 7. The maximum Gasteiger partial charge on any atom is 0.249 e. The standard InChI is InChI=1S/C23H22N4O4S/c1-14-11-20(27(26-14)23-24-16-7-5-6-8-19(16)32-23)25-21(28)10-9-15-12-17(29-2)22(31-4)18(13-15)30-3/h5-13H,1-4H3,(H,25,28)/b10-9+. The molecule has 1 amide bonds. The summed E-state index contributed by atoms with van der Waals surface area (Å²) in [6.07, 6.45) is 3.11. The summed E-state index contributed by atoms with van der Waals surface area (Å²) in [5, 5.41) is 8.05.